The van der Waals surface area contributed by atoms with Crippen LogP contribution in [0.1, 0.15) is 5.56 Å². The molecule has 0 saturated heterocycles. The van der Waals surface area contributed by atoms with Gasteiger partial charge in [0.25, 0.3) is 0 Å². The molecule has 0 aliphatic rings. The third kappa shape index (κ3) is 3.94. The second-order valence-electron chi connectivity index (χ2n) is 2.17. The summed E-state index contributed by atoms with van der Waals surface area (Å²) in [4.78, 5) is 0. The molecule has 0 aliphatic heterocycles. The molecule has 0 unspecified atom stereocenters. The van der Waals surface area contributed by atoms with Crippen LogP contribution in [0.4, 0.5) is 0 Å². The van der Waals surface area contributed by atoms with E-state index in [0.717, 1.165) is 13.0 Å². The molecular weight excluding hydrogens is 272 g/mol. The molecule has 3 heteroatoms. The summed E-state index contributed by atoms with van der Waals surface area (Å²) in [5.41, 5.74) is 6.72. The molecule has 0 fully saturated rings. The summed E-state index contributed by atoms with van der Waals surface area (Å²) in [6.45, 7) is 0.737. The summed E-state index contributed by atoms with van der Waals surface area (Å²) in [7, 11) is 0. The predicted octanol–water partition coefficient (Wildman–Crippen LogP) is 2.21. The van der Waals surface area contributed by atoms with Crippen LogP contribution in [-0.2, 0) is 6.42 Å². The summed E-state index contributed by atoms with van der Waals surface area (Å²) in [6, 6.07) is 8.44. The Morgan fingerprint density at radius 3 is 2.18 bits per heavy atom. The second kappa shape index (κ2) is 5.80. The number of halogens is 2. The molecule has 1 aromatic carbocycles. The summed E-state index contributed by atoms with van der Waals surface area (Å²) in [5.74, 6) is 0. The largest absolute Gasteiger partial charge is 0.330 e. The predicted molar refractivity (Wildman–Crippen MR) is 59.2 cm³/mol. The molecule has 0 aliphatic carbocycles. The molecule has 2 N–H and O–H groups in total. The number of hydrogen-bond acceptors (Lipinski definition) is 1. The number of rotatable bonds is 2. The van der Waals surface area contributed by atoms with Gasteiger partial charge in [-0.1, -0.05) is 12.1 Å². The maximum Gasteiger partial charge on any atom is 0.0130 e. The SMILES string of the molecule is Cl.NCCc1ccc(I)cc1. The maximum atomic E-state index is 5.40. The lowest BCUT2D eigenvalue weighted by atomic mass is 10.2. The molecule has 0 spiro atoms. The minimum absolute atomic E-state index is 0. The van der Waals surface area contributed by atoms with E-state index >= 15 is 0 Å². The van der Waals surface area contributed by atoms with Gasteiger partial charge >= 0.3 is 0 Å². The lowest BCUT2D eigenvalue weighted by Crippen LogP contribution is -2.02. The van der Waals surface area contributed by atoms with Gasteiger partial charge < -0.3 is 5.73 Å². The van der Waals surface area contributed by atoms with Crippen molar-refractivity contribution in [2.24, 2.45) is 5.73 Å². The fourth-order valence-electron chi connectivity index (χ4n) is 0.818. The van der Waals surface area contributed by atoms with Gasteiger partial charge in [-0.2, -0.15) is 0 Å². The third-order valence-electron chi connectivity index (χ3n) is 1.35. The van der Waals surface area contributed by atoms with Crippen molar-refractivity contribution in [3.05, 3.63) is 33.4 Å². The zero-order valence-corrected chi connectivity index (χ0v) is 9.06. The topological polar surface area (TPSA) is 26.0 Å². The van der Waals surface area contributed by atoms with Gasteiger partial charge in [-0.05, 0) is 53.3 Å². The van der Waals surface area contributed by atoms with E-state index in [-0.39, 0.29) is 12.4 Å². The smallest absolute Gasteiger partial charge is 0.0130 e. The van der Waals surface area contributed by atoms with E-state index in [1.54, 1.807) is 0 Å². The van der Waals surface area contributed by atoms with Gasteiger partial charge in [-0.25, -0.2) is 0 Å². The molecule has 0 radical (unpaired) electrons. The van der Waals surface area contributed by atoms with Crippen molar-refractivity contribution < 1.29 is 0 Å². The first kappa shape index (κ1) is 11.2. The molecule has 0 atom stereocenters. The fourth-order valence-corrected chi connectivity index (χ4v) is 1.18. The summed E-state index contributed by atoms with van der Waals surface area (Å²) >= 11 is 2.29. The van der Waals surface area contributed by atoms with Crippen molar-refractivity contribution in [2.45, 2.75) is 6.42 Å². The highest BCUT2D eigenvalue weighted by atomic mass is 127. The summed E-state index contributed by atoms with van der Waals surface area (Å²) < 4.78 is 1.28. The van der Waals surface area contributed by atoms with Crippen LogP contribution in [0, 0.1) is 3.57 Å². The quantitative estimate of drug-likeness (QED) is 0.828. The van der Waals surface area contributed by atoms with Crippen molar-refractivity contribution >= 4 is 35.0 Å². The zero-order valence-electron chi connectivity index (χ0n) is 6.09. The molecule has 0 saturated carbocycles. The van der Waals surface area contributed by atoms with E-state index in [1.807, 2.05) is 0 Å². The zero-order chi connectivity index (χ0) is 7.40. The Bertz CT molecular complexity index is 198. The average molecular weight is 284 g/mol. The Morgan fingerprint density at radius 1 is 1.18 bits per heavy atom. The molecular formula is C8H11ClIN. The van der Waals surface area contributed by atoms with E-state index < -0.39 is 0 Å². The van der Waals surface area contributed by atoms with Crippen LogP contribution < -0.4 is 5.73 Å². The van der Waals surface area contributed by atoms with Gasteiger partial charge in [-0.15, -0.1) is 12.4 Å². The second-order valence-corrected chi connectivity index (χ2v) is 3.41. The minimum Gasteiger partial charge on any atom is -0.330 e. The van der Waals surface area contributed by atoms with Crippen molar-refractivity contribution in [1.29, 1.82) is 0 Å². The lowest BCUT2D eigenvalue weighted by Gasteiger charge is -1.96. The van der Waals surface area contributed by atoms with Crippen molar-refractivity contribution in [1.82, 2.24) is 0 Å². The molecule has 11 heavy (non-hydrogen) atoms. The molecule has 0 bridgehead atoms. The van der Waals surface area contributed by atoms with Crippen LogP contribution in [0.5, 0.6) is 0 Å². The van der Waals surface area contributed by atoms with Crippen LogP contribution in [0.3, 0.4) is 0 Å². The van der Waals surface area contributed by atoms with E-state index in [4.69, 9.17) is 5.73 Å². The average Bonchev–Trinajstić information content (AvgIpc) is 1.95. The van der Waals surface area contributed by atoms with Gasteiger partial charge in [0.15, 0.2) is 0 Å². The fraction of sp³-hybridized carbons (Fsp3) is 0.250. The highest BCUT2D eigenvalue weighted by Gasteiger charge is 1.88. The Morgan fingerprint density at radius 2 is 1.73 bits per heavy atom. The molecule has 62 valence electrons. The van der Waals surface area contributed by atoms with Crippen LogP contribution in [0.25, 0.3) is 0 Å². The highest BCUT2D eigenvalue weighted by Crippen LogP contribution is 2.06. The molecule has 1 nitrogen and oxygen atoms in total. The van der Waals surface area contributed by atoms with Crippen molar-refractivity contribution in [3.63, 3.8) is 0 Å². The van der Waals surface area contributed by atoms with Gasteiger partial charge in [0.05, 0.1) is 0 Å². The Labute approximate surface area is 86.9 Å². The number of hydrogen-bond donors (Lipinski definition) is 1. The lowest BCUT2D eigenvalue weighted by molar-refractivity contribution is 0.968. The van der Waals surface area contributed by atoms with Crippen molar-refractivity contribution in [2.75, 3.05) is 6.54 Å². The van der Waals surface area contributed by atoms with E-state index in [9.17, 15) is 0 Å². The van der Waals surface area contributed by atoms with Gasteiger partial charge in [-0.3, -0.25) is 0 Å². The Balaban J connectivity index is 0.000001000. The van der Waals surface area contributed by atoms with E-state index in [0.29, 0.717) is 0 Å². The van der Waals surface area contributed by atoms with E-state index in [1.165, 1.54) is 9.13 Å². The van der Waals surface area contributed by atoms with Crippen LogP contribution in [0.2, 0.25) is 0 Å². The van der Waals surface area contributed by atoms with Crippen LogP contribution in [-0.4, -0.2) is 6.54 Å². The van der Waals surface area contributed by atoms with Crippen LogP contribution in [0.15, 0.2) is 24.3 Å². The molecule has 0 heterocycles. The van der Waals surface area contributed by atoms with Gasteiger partial charge in [0, 0.05) is 3.57 Å². The van der Waals surface area contributed by atoms with Gasteiger partial charge in [0.1, 0.15) is 0 Å². The number of nitrogens with two attached hydrogens (primary N) is 1. The minimum atomic E-state index is 0. The molecule has 1 aromatic rings. The standard InChI is InChI=1S/C8H10IN.ClH/c9-8-3-1-7(2-4-8)5-6-10;/h1-4H,5-6,10H2;1H. The molecule has 0 aromatic heterocycles. The maximum absolute atomic E-state index is 5.40. The molecule has 1 rings (SSSR count). The first-order valence-corrected chi connectivity index (χ1v) is 4.35. The third-order valence-corrected chi connectivity index (χ3v) is 2.07. The summed E-state index contributed by atoms with van der Waals surface area (Å²) in [6.07, 6.45) is 0.983. The first-order valence-electron chi connectivity index (χ1n) is 3.27. The Hall–Kier alpha value is 0.200. The first-order chi connectivity index (χ1) is 4.83. The monoisotopic (exact) mass is 283 g/mol. The normalized spacial score (nSPS) is 8.91. The highest BCUT2D eigenvalue weighted by molar-refractivity contribution is 14.1. The summed E-state index contributed by atoms with van der Waals surface area (Å²) in [5, 5.41) is 0. The number of benzene rings is 1. The van der Waals surface area contributed by atoms with Gasteiger partial charge in [0.2, 0.25) is 0 Å². The Kier molecular flexibility index (Phi) is 5.91. The van der Waals surface area contributed by atoms with Crippen molar-refractivity contribution in [3.8, 4) is 0 Å². The van der Waals surface area contributed by atoms with E-state index in [2.05, 4.69) is 46.9 Å². The van der Waals surface area contributed by atoms with Crippen LogP contribution >= 0.6 is 35.0 Å². The molecule has 0 amide bonds.